The van der Waals surface area contributed by atoms with E-state index in [-0.39, 0.29) is 23.6 Å². The molecule has 3 atom stereocenters. The van der Waals surface area contributed by atoms with Gasteiger partial charge < -0.3 is 5.32 Å². The third kappa shape index (κ3) is 2.33. The molecule has 0 amide bonds. The van der Waals surface area contributed by atoms with Crippen molar-refractivity contribution in [3.05, 3.63) is 77.4 Å². The summed E-state index contributed by atoms with van der Waals surface area (Å²) in [6.07, 6.45) is 0.671. The normalized spacial score (nSPS) is 25.6. The molecular formula is C19H16F3N. The first-order valence-corrected chi connectivity index (χ1v) is 7.74. The van der Waals surface area contributed by atoms with Crippen LogP contribution in [-0.4, -0.2) is 0 Å². The van der Waals surface area contributed by atoms with Crippen LogP contribution >= 0.6 is 0 Å². The molecule has 2 aromatic rings. The van der Waals surface area contributed by atoms with Crippen LogP contribution in [0.25, 0.3) is 0 Å². The van der Waals surface area contributed by atoms with Gasteiger partial charge in [0.15, 0.2) is 0 Å². The minimum atomic E-state index is -4.35. The largest absolute Gasteiger partial charge is 0.418 e. The molecule has 4 heteroatoms. The Labute approximate surface area is 132 Å². The molecule has 1 heterocycles. The van der Waals surface area contributed by atoms with Gasteiger partial charge in [-0.25, -0.2) is 0 Å². The molecule has 0 unspecified atom stereocenters. The van der Waals surface area contributed by atoms with Crippen LogP contribution in [0.4, 0.5) is 18.9 Å². The Balaban J connectivity index is 1.86. The molecule has 118 valence electrons. The first kappa shape index (κ1) is 14.4. The maximum Gasteiger partial charge on any atom is 0.418 e. The van der Waals surface area contributed by atoms with E-state index < -0.39 is 11.7 Å². The van der Waals surface area contributed by atoms with Gasteiger partial charge in [-0.2, -0.15) is 13.2 Å². The fourth-order valence-corrected chi connectivity index (χ4v) is 3.85. The molecule has 1 nitrogen and oxygen atoms in total. The summed E-state index contributed by atoms with van der Waals surface area (Å²) in [5, 5.41) is 3.20. The average Bonchev–Trinajstić information content (AvgIpc) is 3.03. The van der Waals surface area contributed by atoms with Crippen LogP contribution in [0.15, 0.2) is 60.7 Å². The number of allylic oxidation sites excluding steroid dienone is 2. The summed E-state index contributed by atoms with van der Waals surface area (Å²) in [7, 11) is 0. The highest BCUT2D eigenvalue weighted by Gasteiger charge is 2.42. The smallest absolute Gasteiger partial charge is 0.377 e. The van der Waals surface area contributed by atoms with Crippen LogP contribution in [0, 0.1) is 5.92 Å². The van der Waals surface area contributed by atoms with E-state index in [4.69, 9.17) is 0 Å². The minimum Gasteiger partial charge on any atom is -0.377 e. The van der Waals surface area contributed by atoms with E-state index in [1.54, 1.807) is 0 Å². The zero-order valence-electron chi connectivity index (χ0n) is 12.3. The van der Waals surface area contributed by atoms with Crippen molar-refractivity contribution < 1.29 is 13.2 Å². The summed E-state index contributed by atoms with van der Waals surface area (Å²) >= 11 is 0. The number of hydrogen-bond donors (Lipinski definition) is 1. The number of alkyl halides is 3. The standard InChI is InChI=1S/C19H16F3N/c20-19(21,22)16-11-5-10-15-13-8-4-9-14(13)17(23-18(15)16)12-6-2-1-3-7-12/h1-8,10-11,13-14,17,23H,9H2/t13-,14+,17-/m1/s1. The van der Waals surface area contributed by atoms with Crippen LogP contribution in [0.1, 0.15) is 35.1 Å². The van der Waals surface area contributed by atoms with Gasteiger partial charge in [-0.3, -0.25) is 0 Å². The summed E-state index contributed by atoms with van der Waals surface area (Å²) in [5.74, 6) is 0.298. The molecule has 1 aliphatic heterocycles. The Bertz CT molecular complexity index is 749. The Morgan fingerprint density at radius 3 is 2.48 bits per heavy atom. The van der Waals surface area contributed by atoms with E-state index in [1.807, 2.05) is 36.4 Å². The summed E-state index contributed by atoms with van der Waals surface area (Å²) in [5.41, 5.74) is 1.45. The lowest BCUT2D eigenvalue weighted by atomic mass is 9.76. The lowest BCUT2D eigenvalue weighted by molar-refractivity contribution is -0.137. The van der Waals surface area contributed by atoms with E-state index >= 15 is 0 Å². The second-order valence-corrected chi connectivity index (χ2v) is 6.15. The van der Waals surface area contributed by atoms with Gasteiger partial charge in [-0.1, -0.05) is 54.6 Å². The predicted octanol–water partition coefficient (Wildman–Crippen LogP) is 5.53. The second kappa shape index (κ2) is 5.15. The first-order chi connectivity index (χ1) is 11.1. The van der Waals surface area contributed by atoms with E-state index in [2.05, 4.69) is 17.5 Å². The van der Waals surface area contributed by atoms with Crippen LogP contribution in [0.5, 0.6) is 0 Å². The van der Waals surface area contributed by atoms with Gasteiger partial charge in [0.2, 0.25) is 0 Å². The van der Waals surface area contributed by atoms with Gasteiger partial charge in [0.1, 0.15) is 0 Å². The Morgan fingerprint density at radius 2 is 1.74 bits per heavy atom. The molecule has 0 saturated heterocycles. The molecule has 0 spiro atoms. The number of benzene rings is 2. The molecule has 23 heavy (non-hydrogen) atoms. The molecule has 0 radical (unpaired) electrons. The SMILES string of the molecule is FC(F)(F)c1cccc2c1N[C@H](c1ccccc1)[C@H]1CC=C[C@@H]21. The summed E-state index contributed by atoms with van der Waals surface area (Å²) in [6.45, 7) is 0. The molecule has 0 fully saturated rings. The van der Waals surface area contributed by atoms with Crippen LogP contribution in [0.3, 0.4) is 0 Å². The number of hydrogen-bond acceptors (Lipinski definition) is 1. The highest BCUT2D eigenvalue weighted by atomic mass is 19.4. The molecule has 1 aliphatic carbocycles. The highest BCUT2D eigenvalue weighted by molar-refractivity contribution is 5.65. The van der Waals surface area contributed by atoms with Crippen LogP contribution < -0.4 is 5.32 Å². The number of halogens is 3. The Morgan fingerprint density at radius 1 is 0.957 bits per heavy atom. The number of fused-ring (bicyclic) bond motifs is 3. The van der Waals surface area contributed by atoms with Crippen LogP contribution in [0.2, 0.25) is 0 Å². The third-order valence-electron chi connectivity index (χ3n) is 4.86. The molecule has 0 saturated carbocycles. The van der Waals surface area contributed by atoms with Crippen molar-refractivity contribution in [2.45, 2.75) is 24.6 Å². The van der Waals surface area contributed by atoms with E-state index in [0.29, 0.717) is 0 Å². The topological polar surface area (TPSA) is 12.0 Å². The lowest BCUT2D eigenvalue weighted by Crippen LogP contribution is -2.30. The van der Waals surface area contributed by atoms with Gasteiger partial charge in [-0.15, -0.1) is 0 Å². The van der Waals surface area contributed by atoms with Crippen molar-refractivity contribution in [1.29, 1.82) is 0 Å². The number of nitrogens with one attached hydrogen (secondary N) is 1. The highest BCUT2D eigenvalue weighted by Crippen LogP contribution is 2.52. The average molecular weight is 315 g/mol. The van der Waals surface area contributed by atoms with Crippen molar-refractivity contribution in [3.8, 4) is 0 Å². The van der Waals surface area contributed by atoms with Crippen LogP contribution in [-0.2, 0) is 6.18 Å². The van der Waals surface area contributed by atoms with Crippen molar-refractivity contribution in [2.24, 2.45) is 5.92 Å². The van der Waals surface area contributed by atoms with Crippen molar-refractivity contribution in [2.75, 3.05) is 5.32 Å². The van der Waals surface area contributed by atoms with E-state index in [0.717, 1.165) is 23.6 Å². The van der Waals surface area contributed by atoms with Gasteiger partial charge in [0.05, 0.1) is 17.3 Å². The summed E-state index contributed by atoms with van der Waals surface area (Å²) in [6, 6.07) is 14.1. The quantitative estimate of drug-likeness (QED) is 0.682. The van der Waals surface area contributed by atoms with Gasteiger partial charge >= 0.3 is 6.18 Å². The Hall–Kier alpha value is -2.23. The van der Waals surface area contributed by atoms with Crippen molar-refractivity contribution in [1.82, 2.24) is 0 Å². The first-order valence-electron chi connectivity index (χ1n) is 7.74. The maximum absolute atomic E-state index is 13.4. The third-order valence-corrected chi connectivity index (χ3v) is 4.86. The second-order valence-electron chi connectivity index (χ2n) is 6.15. The van der Waals surface area contributed by atoms with E-state index in [1.165, 1.54) is 6.07 Å². The fourth-order valence-electron chi connectivity index (χ4n) is 3.85. The van der Waals surface area contributed by atoms with Gasteiger partial charge in [0.25, 0.3) is 0 Å². The lowest BCUT2D eigenvalue weighted by Gasteiger charge is -2.38. The predicted molar refractivity (Wildman–Crippen MR) is 84.2 cm³/mol. The molecule has 0 aromatic heterocycles. The summed E-state index contributed by atoms with van der Waals surface area (Å²) in [4.78, 5) is 0. The monoisotopic (exact) mass is 315 g/mol. The number of para-hydroxylation sites is 1. The molecule has 2 aliphatic rings. The number of anilines is 1. The van der Waals surface area contributed by atoms with E-state index in [9.17, 15) is 13.2 Å². The van der Waals surface area contributed by atoms with Gasteiger partial charge in [-0.05, 0) is 29.5 Å². The molecular weight excluding hydrogens is 299 g/mol. The molecule has 0 bridgehead atoms. The Kier molecular flexibility index (Phi) is 3.22. The van der Waals surface area contributed by atoms with Gasteiger partial charge in [0, 0.05) is 5.92 Å². The van der Waals surface area contributed by atoms with Crippen molar-refractivity contribution in [3.63, 3.8) is 0 Å². The number of rotatable bonds is 1. The van der Waals surface area contributed by atoms with Crippen molar-refractivity contribution >= 4 is 5.69 Å². The zero-order valence-corrected chi connectivity index (χ0v) is 12.3. The fraction of sp³-hybridized carbons (Fsp3) is 0.263. The minimum absolute atomic E-state index is 0.0405. The molecule has 2 aromatic carbocycles. The molecule has 4 rings (SSSR count). The summed E-state index contributed by atoms with van der Waals surface area (Å²) < 4.78 is 40.2. The zero-order chi connectivity index (χ0) is 16.0. The molecule has 1 N–H and O–H groups in total. The maximum atomic E-state index is 13.4.